The molecule has 1 fully saturated rings. The van der Waals surface area contributed by atoms with Crippen molar-refractivity contribution in [3.63, 3.8) is 0 Å². The number of hydrogen-bond donors (Lipinski definition) is 3. The number of aliphatic hydroxyl groups excluding tert-OH is 1. The van der Waals surface area contributed by atoms with Crippen LogP contribution in [0, 0.1) is 0 Å². The first-order valence-electron chi connectivity index (χ1n) is 5.00. The predicted octanol–water partition coefficient (Wildman–Crippen LogP) is 0.522. The van der Waals surface area contributed by atoms with Crippen molar-refractivity contribution in [3.05, 3.63) is 29.8 Å². The molecule has 0 spiro atoms. The summed E-state index contributed by atoms with van der Waals surface area (Å²) >= 11 is 0. The van der Waals surface area contributed by atoms with E-state index >= 15 is 0 Å². The monoisotopic (exact) mass is 206 g/mol. The average molecular weight is 206 g/mol. The molecule has 0 heterocycles. The van der Waals surface area contributed by atoms with Gasteiger partial charge < -0.3 is 16.2 Å². The fraction of sp³-hybridized carbons (Fsp3) is 0.364. The van der Waals surface area contributed by atoms with Crippen molar-refractivity contribution in [2.75, 3.05) is 5.73 Å². The number of anilines is 1. The summed E-state index contributed by atoms with van der Waals surface area (Å²) in [6, 6.07) is 7.05. The Hall–Kier alpha value is -1.55. The molecule has 15 heavy (non-hydrogen) atoms. The maximum absolute atomic E-state index is 11.7. The van der Waals surface area contributed by atoms with E-state index in [1.807, 2.05) is 0 Å². The Morgan fingerprint density at radius 1 is 1.40 bits per heavy atom. The average Bonchev–Trinajstić information content (AvgIpc) is 2.16. The zero-order valence-electron chi connectivity index (χ0n) is 8.31. The van der Waals surface area contributed by atoms with E-state index in [-0.39, 0.29) is 18.1 Å². The first-order valence-corrected chi connectivity index (χ1v) is 5.00. The fourth-order valence-electron chi connectivity index (χ4n) is 1.67. The number of hydrogen-bond acceptors (Lipinski definition) is 3. The van der Waals surface area contributed by atoms with E-state index in [0.29, 0.717) is 24.1 Å². The van der Waals surface area contributed by atoms with E-state index in [9.17, 15) is 4.79 Å². The van der Waals surface area contributed by atoms with Crippen LogP contribution in [0.2, 0.25) is 0 Å². The topological polar surface area (TPSA) is 75.4 Å². The van der Waals surface area contributed by atoms with Crippen molar-refractivity contribution >= 4 is 11.6 Å². The standard InChI is InChI=1S/C11H14N2O2/c12-10-4-2-1-3-9(10)11(15)13-7-5-8(14)6-7/h1-4,7-8,14H,5-6,12H2,(H,13,15). The molecule has 1 amide bonds. The van der Waals surface area contributed by atoms with Gasteiger partial charge >= 0.3 is 0 Å². The Labute approximate surface area is 88.1 Å². The summed E-state index contributed by atoms with van der Waals surface area (Å²) in [6.07, 6.45) is 1.01. The van der Waals surface area contributed by atoms with E-state index in [1.165, 1.54) is 0 Å². The number of carbonyl (C=O) groups excluding carboxylic acids is 1. The van der Waals surface area contributed by atoms with Crippen LogP contribution in [-0.2, 0) is 0 Å². The fourth-order valence-corrected chi connectivity index (χ4v) is 1.67. The molecule has 0 unspecified atom stereocenters. The van der Waals surface area contributed by atoms with Crippen molar-refractivity contribution in [1.82, 2.24) is 5.32 Å². The first-order chi connectivity index (χ1) is 7.16. The van der Waals surface area contributed by atoms with Gasteiger partial charge in [0.05, 0.1) is 11.7 Å². The first kappa shape index (κ1) is 9.98. The highest BCUT2D eigenvalue weighted by Crippen LogP contribution is 2.20. The zero-order chi connectivity index (χ0) is 10.8. The molecule has 0 bridgehead atoms. The predicted molar refractivity (Wildman–Crippen MR) is 57.3 cm³/mol. The van der Waals surface area contributed by atoms with E-state index < -0.39 is 0 Å². The molecule has 1 aliphatic rings. The number of carbonyl (C=O) groups is 1. The van der Waals surface area contributed by atoms with Gasteiger partial charge in [-0.25, -0.2) is 0 Å². The van der Waals surface area contributed by atoms with Crippen molar-refractivity contribution in [3.8, 4) is 0 Å². The van der Waals surface area contributed by atoms with Gasteiger partial charge in [0, 0.05) is 11.7 Å². The number of nitrogen functional groups attached to an aromatic ring is 1. The minimum absolute atomic E-state index is 0.0899. The summed E-state index contributed by atoms with van der Waals surface area (Å²) in [4.78, 5) is 11.7. The zero-order valence-corrected chi connectivity index (χ0v) is 8.31. The molecular weight excluding hydrogens is 192 g/mol. The van der Waals surface area contributed by atoms with Crippen LogP contribution < -0.4 is 11.1 Å². The number of rotatable bonds is 2. The van der Waals surface area contributed by atoms with Gasteiger partial charge in [-0.2, -0.15) is 0 Å². The van der Waals surface area contributed by atoms with Crippen molar-refractivity contribution in [2.45, 2.75) is 25.0 Å². The summed E-state index contributed by atoms with van der Waals surface area (Å²) < 4.78 is 0. The van der Waals surface area contributed by atoms with Crippen LogP contribution in [0.1, 0.15) is 23.2 Å². The van der Waals surface area contributed by atoms with Crippen molar-refractivity contribution < 1.29 is 9.90 Å². The molecule has 1 aromatic rings. The minimum Gasteiger partial charge on any atom is -0.398 e. The van der Waals surface area contributed by atoms with Gasteiger partial charge in [0.2, 0.25) is 0 Å². The van der Waals surface area contributed by atoms with Gasteiger partial charge in [0.25, 0.3) is 5.91 Å². The van der Waals surface area contributed by atoms with E-state index in [2.05, 4.69) is 5.32 Å². The highest BCUT2D eigenvalue weighted by molar-refractivity contribution is 5.99. The lowest BCUT2D eigenvalue weighted by Gasteiger charge is -2.32. The Morgan fingerprint density at radius 3 is 2.67 bits per heavy atom. The smallest absolute Gasteiger partial charge is 0.253 e. The third-order valence-corrected chi connectivity index (χ3v) is 2.65. The third kappa shape index (κ3) is 2.10. The second kappa shape index (κ2) is 3.90. The van der Waals surface area contributed by atoms with Crippen LogP contribution in [-0.4, -0.2) is 23.2 Å². The Balaban J connectivity index is 1.99. The Kier molecular flexibility index (Phi) is 2.60. The molecule has 4 N–H and O–H groups in total. The van der Waals surface area contributed by atoms with Crippen LogP contribution in [0.5, 0.6) is 0 Å². The molecule has 2 rings (SSSR count). The number of amides is 1. The van der Waals surface area contributed by atoms with Crippen LogP contribution in [0.25, 0.3) is 0 Å². The van der Waals surface area contributed by atoms with Gasteiger partial charge in [0.15, 0.2) is 0 Å². The summed E-state index contributed by atoms with van der Waals surface area (Å²) in [7, 11) is 0. The van der Waals surface area contributed by atoms with E-state index in [4.69, 9.17) is 10.8 Å². The molecule has 0 atom stereocenters. The highest BCUT2D eigenvalue weighted by Gasteiger charge is 2.28. The maximum Gasteiger partial charge on any atom is 0.253 e. The third-order valence-electron chi connectivity index (χ3n) is 2.65. The van der Waals surface area contributed by atoms with Crippen LogP contribution in [0.3, 0.4) is 0 Å². The molecule has 0 aromatic heterocycles. The lowest BCUT2D eigenvalue weighted by atomic mass is 9.89. The van der Waals surface area contributed by atoms with Gasteiger partial charge in [-0.1, -0.05) is 12.1 Å². The molecule has 0 aliphatic heterocycles. The largest absolute Gasteiger partial charge is 0.398 e. The molecule has 0 radical (unpaired) electrons. The van der Waals surface area contributed by atoms with Crippen LogP contribution in [0.4, 0.5) is 5.69 Å². The Morgan fingerprint density at radius 2 is 2.07 bits per heavy atom. The summed E-state index contributed by atoms with van der Waals surface area (Å²) in [5.74, 6) is -0.162. The quantitative estimate of drug-likeness (QED) is 0.617. The van der Waals surface area contributed by atoms with Crippen molar-refractivity contribution in [1.29, 1.82) is 0 Å². The minimum atomic E-state index is -0.261. The highest BCUT2D eigenvalue weighted by atomic mass is 16.3. The van der Waals surface area contributed by atoms with Gasteiger partial charge in [-0.05, 0) is 25.0 Å². The molecule has 4 heteroatoms. The number of benzene rings is 1. The molecule has 1 aliphatic carbocycles. The number of nitrogens with one attached hydrogen (secondary N) is 1. The van der Waals surface area contributed by atoms with Gasteiger partial charge in [-0.3, -0.25) is 4.79 Å². The number of para-hydroxylation sites is 1. The molecule has 0 saturated heterocycles. The normalized spacial score (nSPS) is 24.3. The van der Waals surface area contributed by atoms with E-state index in [0.717, 1.165) is 0 Å². The number of aliphatic hydroxyl groups is 1. The molecular formula is C11H14N2O2. The van der Waals surface area contributed by atoms with E-state index in [1.54, 1.807) is 24.3 Å². The SMILES string of the molecule is Nc1ccccc1C(=O)NC1CC(O)C1. The molecule has 4 nitrogen and oxygen atoms in total. The summed E-state index contributed by atoms with van der Waals surface area (Å²) in [5, 5.41) is 11.9. The molecule has 80 valence electrons. The second-order valence-electron chi connectivity index (χ2n) is 3.88. The molecule has 1 saturated carbocycles. The Bertz CT molecular complexity index is 373. The number of nitrogens with two attached hydrogens (primary N) is 1. The lowest BCUT2D eigenvalue weighted by Crippen LogP contribution is -2.46. The van der Waals surface area contributed by atoms with Crippen LogP contribution in [0.15, 0.2) is 24.3 Å². The maximum atomic E-state index is 11.7. The van der Waals surface area contributed by atoms with Gasteiger partial charge in [-0.15, -0.1) is 0 Å². The molecule has 1 aromatic carbocycles. The second-order valence-corrected chi connectivity index (χ2v) is 3.88. The van der Waals surface area contributed by atoms with Gasteiger partial charge in [0.1, 0.15) is 0 Å². The van der Waals surface area contributed by atoms with Crippen LogP contribution >= 0.6 is 0 Å². The summed E-state index contributed by atoms with van der Waals surface area (Å²) in [5.41, 5.74) is 6.65. The lowest BCUT2D eigenvalue weighted by molar-refractivity contribution is 0.0563. The van der Waals surface area contributed by atoms with Crippen molar-refractivity contribution in [2.24, 2.45) is 0 Å². The summed E-state index contributed by atoms with van der Waals surface area (Å²) in [6.45, 7) is 0.